The number of hydrogen-bond donors (Lipinski definition) is 1. The van der Waals surface area contributed by atoms with Crippen LogP contribution in [0, 0.1) is 3.57 Å². The fraction of sp³-hybridized carbons (Fsp3) is 0.125. The average Bonchev–Trinajstić information content (AvgIpc) is 2.01. The van der Waals surface area contributed by atoms with Crippen LogP contribution in [0.1, 0.15) is 15.9 Å². The van der Waals surface area contributed by atoms with Gasteiger partial charge in [-0.3, -0.25) is 4.79 Å². The van der Waals surface area contributed by atoms with Crippen molar-refractivity contribution in [3.63, 3.8) is 0 Å². The third-order valence-electron chi connectivity index (χ3n) is 1.55. The molecule has 0 atom stereocenters. The molecule has 1 rings (SSSR count). The standard InChI is InChI=1S/C8H5F3INO/c9-8(10,11)6-2-1-4(12)3-5(6)7(13)14/h1-3H,(H2,13,14). The van der Waals surface area contributed by atoms with Crippen LogP contribution in [-0.4, -0.2) is 5.91 Å². The van der Waals surface area contributed by atoms with E-state index in [1.807, 2.05) is 22.6 Å². The number of halogens is 4. The molecule has 76 valence electrons. The molecule has 0 unspecified atom stereocenters. The van der Waals surface area contributed by atoms with Crippen molar-refractivity contribution < 1.29 is 18.0 Å². The van der Waals surface area contributed by atoms with Crippen molar-refractivity contribution in [3.05, 3.63) is 32.9 Å². The van der Waals surface area contributed by atoms with Crippen molar-refractivity contribution in [2.75, 3.05) is 0 Å². The van der Waals surface area contributed by atoms with Gasteiger partial charge in [-0.15, -0.1) is 0 Å². The Morgan fingerprint density at radius 1 is 1.36 bits per heavy atom. The van der Waals surface area contributed by atoms with Gasteiger partial charge in [-0.05, 0) is 40.8 Å². The van der Waals surface area contributed by atoms with E-state index in [0.717, 1.165) is 12.1 Å². The largest absolute Gasteiger partial charge is 0.417 e. The van der Waals surface area contributed by atoms with Crippen LogP contribution in [0.25, 0.3) is 0 Å². The Bertz CT molecular complexity index is 375. The molecule has 2 N–H and O–H groups in total. The fourth-order valence-electron chi connectivity index (χ4n) is 0.968. The summed E-state index contributed by atoms with van der Waals surface area (Å²) >= 11 is 1.81. The number of nitrogens with two attached hydrogens (primary N) is 1. The van der Waals surface area contributed by atoms with Crippen molar-refractivity contribution in [1.82, 2.24) is 0 Å². The normalized spacial score (nSPS) is 11.4. The average molecular weight is 315 g/mol. The topological polar surface area (TPSA) is 43.1 Å². The Balaban J connectivity index is 3.37. The van der Waals surface area contributed by atoms with Crippen molar-refractivity contribution in [3.8, 4) is 0 Å². The zero-order chi connectivity index (χ0) is 10.9. The van der Waals surface area contributed by atoms with E-state index in [2.05, 4.69) is 0 Å². The number of hydrogen-bond acceptors (Lipinski definition) is 1. The lowest BCUT2D eigenvalue weighted by Gasteiger charge is -2.10. The molecule has 0 radical (unpaired) electrons. The van der Waals surface area contributed by atoms with E-state index in [4.69, 9.17) is 5.73 Å². The number of primary amides is 1. The van der Waals surface area contributed by atoms with E-state index in [9.17, 15) is 18.0 Å². The van der Waals surface area contributed by atoms with Gasteiger partial charge in [-0.1, -0.05) is 0 Å². The molecule has 0 saturated carbocycles. The first kappa shape index (κ1) is 11.3. The van der Waals surface area contributed by atoms with Gasteiger partial charge < -0.3 is 5.73 Å². The maximum atomic E-state index is 12.3. The molecule has 0 bridgehead atoms. The minimum Gasteiger partial charge on any atom is -0.366 e. The van der Waals surface area contributed by atoms with Crippen molar-refractivity contribution in [2.24, 2.45) is 5.73 Å². The lowest BCUT2D eigenvalue weighted by atomic mass is 10.1. The molecule has 0 aromatic heterocycles. The van der Waals surface area contributed by atoms with Crippen LogP contribution in [0.5, 0.6) is 0 Å². The summed E-state index contributed by atoms with van der Waals surface area (Å²) in [6, 6.07) is 3.24. The van der Waals surface area contributed by atoms with E-state index < -0.39 is 23.2 Å². The summed E-state index contributed by atoms with van der Waals surface area (Å²) in [4.78, 5) is 10.7. The molecule has 14 heavy (non-hydrogen) atoms. The molecular formula is C8H5F3INO. The number of benzene rings is 1. The van der Waals surface area contributed by atoms with Crippen LogP contribution in [0.2, 0.25) is 0 Å². The van der Waals surface area contributed by atoms with Crippen molar-refractivity contribution in [1.29, 1.82) is 0 Å². The fourth-order valence-corrected chi connectivity index (χ4v) is 1.46. The van der Waals surface area contributed by atoms with Gasteiger partial charge in [0.25, 0.3) is 0 Å². The van der Waals surface area contributed by atoms with E-state index in [1.165, 1.54) is 6.07 Å². The Hall–Kier alpha value is -0.790. The monoisotopic (exact) mass is 315 g/mol. The van der Waals surface area contributed by atoms with Crippen molar-refractivity contribution >= 4 is 28.5 Å². The highest BCUT2D eigenvalue weighted by molar-refractivity contribution is 14.1. The Morgan fingerprint density at radius 2 is 1.93 bits per heavy atom. The zero-order valence-corrected chi connectivity index (χ0v) is 8.89. The summed E-state index contributed by atoms with van der Waals surface area (Å²) < 4.78 is 37.5. The highest BCUT2D eigenvalue weighted by atomic mass is 127. The second kappa shape index (κ2) is 3.76. The van der Waals surface area contributed by atoms with Gasteiger partial charge in [-0.25, -0.2) is 0 Å². The molecule has 0 aliphatic rings. The second-order valence-corrected chi connectivity index (χ2v) is 3.80. The number of amides is 1. The van der Waals surface area contributed by atoms with Gasteiger partial charge in [-0.2, -0.15) is 13.2 Å². The molecule has 0 saturated heterocycles. The van der Waals surface area contributed by atoms with Crippen LogP contribution in [0.15, 0.2) is 18.2 Å². The van der Waals surface area contributed by atoms with E-state index >= 15 is 0 Å². The Kier molecular flexibility index (Phi) is 3.03. The quantitative estimate of drug-likeness (QED) is 0.795. The van der Waals surface area contributed by atoms with E-state index in [-0.39, 0.29) is 0 Å². The minimum absolute atomic E-state index is 0.496. The third kappa shape index (κ3) is 2.37. The van der Waals surface area contributed by atoms with E-state index in [0.29, 0.717) is 3.57 Å². The second-order valence-electron chi connectivity index (χ2n) is 2.55. The molecule has 0 fully saturated rings. The first-order valence-corrected chi connectivity index (χ1v) is 4.57. The molecule has 0 aliphatic heterocycles. The third-order valence-corrected chi connectivity index (χ3v) is 2.22. The highest BCUT2D eigenvalue weighted by Gasteiger charge is 2.34. The van der Waals surface area contributed by atoms with Gasteiger partial charge in [0.15, 0.2) is 0 Å². The lowest BCUT2D eigenvalue weighted by Crippen LogP contribution is -2.18. The van der Waals surface area contributed by atoms with Gasteiger partial charge >= 0.3 is 6.18 Å². The van der Waals surface area contributed by atoms with Gasteiger partial charge in [0.2, 0.25) is 5.91 Å². The summed E-state index contributed by atoms with van der Waals surface area (Å²) in [6.07, 6.45) is -4.55. The molecule has 6 heteroatoms. The lowest BCUT2D eigenvalue weighted by molar-refractivity contribution is -0.137. The molecule has 1 aromatic carbocycles. The van der Waals surface area contributed by atoms with Gasteiger partial charge in [0.05, 0.1) is 11.1 Å². The first-order valence-electron chi connectivity index (χ1n) is 3.49. The molecule has 2 nitrogen and oxygen atoms in total. The SMILES string of the molecule is NC(=O)c1cc(I)ccc1C(F)(F)F. The maximum absolute atomic E-state index is 12.3. The Labute approximate surface area is 91.4 Å². The predicted octanol–water partition coefficient (Wildman–Crippen LogP) is 2.41. The summed E-state index contributed by atoms with van der Waals surface area (Å²) in [5.41, 5.74) is 3.35. The highest BCUT2D eigenvalue weighted by Crippen LogP contribution is 2.32. The van der Waals surface area contributed by atoms with Gasteiger partial charge in [0, 0.05) is 3.57 Å². The molecule has 1 amide bonds. The van der Waals surface area contributed by atoms with Crippen LogP contribution in [0.3, 0.4) is 0 Å². The number of carbonyl (C=O) groups is 1. The van der Waals surface area contributed by atoms with E-state index in [1.54, 1.807) is 0 Å². The minimum atomic E-state index is -4.55. The summed E-state index contributed by atoms with van der Waals surface area (Å²) in [7, 11) is 0. The van der Waals surface area contributed by atoms with Crippen LogP contribution < -0.4 is 5.73 Å². The predicted molar refractivity (Wildman–Crippen MR) is 52.7 cm³/mol. The molecule has 1 aromatic rings. The summed E-state index contributed by atoms with van der Waals surface area (Å²) in [5.74, 6) is -1.07. The Morgan fingerprint density at radius 3 is 2.36 bits per heavy atom. The first-order chi connectivity index (χ1) is 6.32. The smallest absolute Gasteiger partial charge is 0.366 e. The van der Waals surface area contributed by atoms with Crippen LogP contribution in [-0.2, 0) is 6.18 Å². The van der Waals surface area contributed by atoms with Crippen LogP contribution >= 0.6 is 22.6 Å². The molecular weight excluding hydrogens is 310 g/mol. The van der Waals surface area contributed by atoms with Gasteiger partial charge in [0.1, 0.15) is 0 Å². The summed E-state index contributed by atoms with van der Waals surface area (Å²) in [6.45, 7) is 0. The number of rotatable bonds is 1. The molecule has 0 heterocycles. The van der Waals surface area contributed by atoms with Crippen molar-refractivity contribution in [2.45, 2.75) is 6.18 Å². The zero-order valence-electron chi connectivity index (χ0n) is 6.73. The molecule has 0 aliphatic carbocycles. The number of alkyl halides is 3. The number of carbonyl (C=O) groups excluding carboxylic acids is 1. The maximum Gasteiger partial charge on any atom is 0.417 e. The molecule has 0 spiro atoms. The van der Waals surface area contributed by atoms with Crippen LogP contribution in [0.4, 0.5) is 13.2 Å². The summed E-state index contributed by atoms with van der Waals surface area (Å²) in [5, 5.41) is 0.